The second-order valence-corrected chi connectivity index (χ2v) is 9.35. The van der Waals surface area contributed by atoms with Crippen LogP contribution >= 0.6 is 0 Å². The molecule has 0 amide bonds. The number of hydrogen-bond donors (Lipinski definition) is 0. The summed E-state index contributed by atoms with van der Waals surface area (Å²) in [7, 11) is 6.20. The lowest BCUT2D eigenvalue weighted by molar-refractivity contribution is -0.813. The zero-order valence-electron chi connectivity index (χ0n) is 17.8. The van der Waals surface area contributed by atoms with Crippen molar-refractivity contribution in [1.82, 2.24) is 9.78 Å². The summed E-state index contributed by atoms with van der Waals surface area (Å²) in [6.45, 7) is 6.14. The molecule has 150 valence electrons. The van der Waals surface area contributed by atoms with Crippen molar-refractivity contribution in [3.8, 4) is 0 Å². The van der Waals surface area contributed by atoms with E-state index in [0.29, 0.717) is 23.0 Å². The van der Waals surface area contributed by atoms with Gasteiger partial charge in [0.1, 0.15) is 0 Å². The first kappa shape index (κ1) is 19.4. The summed E-state index contributed by atoms with van der Waals surface area (Å²) in [5.41, 5.74) is 4.31. The summed E-state index contributed by atoms with van der Waals surface area (Å²) in [6, 6.07) is 6.30. The molecule has 1 unspecified atom stereocenters. The zero-order chi connectivity index (χ0) is 20.3. The molecule has 1 saturated heterocycles. The predicted molar refractivity (Wildman–Crippen MR) is 109 cm³/mol. The van der Waals surface area contributed by atoms with Gasteiger partial charge in [-0.05, 0) is 31.9 Å². The Labute approximate surface area is 167 Å². The molecule has 1 aromatic heterocycles. The van der Waals surface area contributed by atoms with Gasteiger partial charge in [0, 0.05) is 58.9 Å². The van der Waals surface area contributed by atoms with Crippen LogP contribution in [-0.4, -0.2) is 53.9 Å². The topological polar surface area (TPSA) is 53.4 Å². The quantitative estimate of drug-likeness (QED) is 0.602. The molecule has 1 atom stereocenters. The van der Waals surface area contributed by atoms with Gasteiger partial charge in [0.25, 0.3) is 0 Å². The molecule has 0 saturated carbocycles. The average Bonchev–Trinajstić information content (AvgIpc) is 3.05. The lowest BCUT2D eigenvalue weighted by atomic mass is 9.58. The van der Waals surface area contributed by atoms with Crippen molar-refractivity contribution >= 4 is 17.9 Å². The van der Waals surface area contributed by atoms with Crippen molar-refractivity contribution < 1.29 is 18.5 Å². The van der Waals surface area contributed by atoms with Gasteiger partial charge in [0.15, 0.2) is 5.78 Å². The number of aryl methyl sites for hydroxylation is 2. The van der Waals surface area contributed by atoms with Gasteiger partial charge in [0.05, 0.1) is 11.3 Å². The van der Waals surface area contributed by atoms with Crippen molar-refractivity contribution in [2.45, 2.75) is 39.2 Å². The fraction of sp³-hybridized carbons (Fsp3) is 0.524. The Morgan fingerprint density at radius 3 is 2.75 bits per heavy atom. The van der Waals surface area contributed by atoms with Crippen LogP contribution in [0, 0.1) is 6.92 Å². The number of quaternary nitrogens is 1. The smallest absolute Gasteiger partial charge is 0.502 e. The summed E-state index contributed by atoms with van der Waals surface area (Å²) < 4.78 is 15.4. The molecule has 4 rings (SSSR count). The second-order valence-electron chi connectivity index (χ2n) is 9.35. The normalized spacial score (nSPS) is 25.1. The van der Waals surface area contributed by atoms with Crippen molar-refractivity contribution in [2.24, 2.45) is 7.05 Å². The number of rotatable bonds is 3. The maximum atomic E-state index is 12.9. The van der Waals surface area contributed by atoms with Crippen LogP contribution in [0.2, 0.25) is 0 Å². The van der Waals surface area contributed by atoms with Crippen LogP contribution in [0.3, 0.4) is 0 Å². The first-order chi connectivity index (χ1) is 13.1. The summed E-state index contributed by atoms with van der Waals surface area (Å²) >= 11 is 0. The Morgan fingerprint density at radius 2 is 2.11 bits per heavy atom. The molecular formula is C21H30BN3O3. The summed E-state index contributed by atoms with van der Waals surface area (Å²) in [4.78, 5) is 12.9. The van der Waals surface area contributed by atoms with Gasteiger partial charge in [-0.3, -0.25) is 9.48 Å². The van der Waals surface area contributed by atoms with E-state index in [1.165, 1.54) is 0 Å². The van der Waals surface area contributed by atoms with Crippen LogP contribution in [0.5, 0.6) is 0 Å². The Morgan fingerprint density at radius 1 is 1.36 bits per heavy atom. The van der Waals surface area contributed by atoms with E-state index < -0.39 is 12.3 Å². The molecule has 1 spiro atoms. The van der Waals surface area contributed by atoms with Gasteiger partial charge in [-0.15, -0.1) is 0 Å². The molecule has 1 aromatic carbocycles. The SMILES string of the molecule is Cc1nn(C)cc1C(=O)Cc1ccc2c(c1)[B-]1(OCCC[N+]1(C)C)OC2(C)C. The molecule has 0 N–H and O–H groups in total. The Hall–Kier alpha value is -1.96. The second kappa shape index (κ2) is 6.27. The van der Waals surface area contributed by atoms with Gasteiger partial charge in [0.2, 0.25) is 0 Å². The molecule has 2 aliphatic rings. The van der Waals surface area contributed by atoms with Crippen LogP contribution in [0.15, 0.2) is 24.4 Å². The molecule has 6 nitrogen and oxygen atoms in total. The number of benzene rings is 1. The first-order valence-corrected chi connectivity index (χ1v) is 10.0. The van der Waals surface area contributed by atoms with E-state index in [-0.39, 0.29) is 5.78 Å². The molecule has 0 aliphatic carbocycles. The Balaban J connectivity index is 1.73. The van der Waals surface area contributed by atoms with E-state index in [0.717, 1.165) is 35.2 Å². The molecule has 2 aliphatic heterocycles. The molecule has 3 heterocycles. The molecule has 0 radical (unpaired) electrons. The van der Waals surface area contributed by atoms with Crippen molar-refractivity contribution in [3.63, 3.8) is 0 Å². The van der Waals surface area contributed by atoms with E-state index in [1.54, 1.807) is 10.9 Å². The van der Waals surface area contributed by atoms with E-state index in [2.05, 4.69) is 45.2 Å². The fourth-order valence-corrected chi connectivity index (χ4v) is 4.98. The third kappa shape index (κ3) is 2.84. The Kier molecular flexibility index (Phi) is 4.34. The zero-order valence-corrected chi connectivity index (χ0v) is 17.8. The predicted octanol–water partition coefficient (Wildman–Crippen LogP) is 2.06. The number of aromatic nitrogens is 2. The number of hydrogen-bond acceptors (Lipinski definition) is 4. The first-order valence-electron chi connectivity index (χ1n) is 10.0. The molecule has 7 heteroatoms. The number of carbonyl (C=O) groups is 1. The maximum Gasteiger partial charge on any atom is 0.502 e. The minimum absolute atomic E-state index is 0.0867. The summed E-state index contributed by atoms with van der Waals surface area (Å²) in [6.07, 6.45) is 3.17. The van der Waals surface area contributed by atoms with Crippen molar-refractivity contribution in [1.29, 1.82) is 0 Å². The van der Waals surface area contributed by atoms with Gasteiger partial charge in [-0.1, -0.05) is 23.7 Å². The fourth-order valence-electron chi connectivity index (χ4n) is 4.98. The average molecular weight is 383 g/mol. The van der Waals surface area contributed by atoms with Gasteiger partial charge in [-0.2, -0.15) is 5.10 Å². The molecule has 1 fully saturated rings. The van der Waals surface area contributed by atoms with E-state index in [9.17, 15) is 4.79 Å². The molecule has 28 heavy (non-hydrogen) atoms. The van der Waals surface area contributed by atoms with E-state index in [1.807, 2.05) is 20.0 Å². The monoisotopic (exact) mass is 383 g/mol. The lowest BCUT2D eigenvalue weighted by Crippen LogP contribution is -2.75. The van der Waals surface area contributed by atoms with Crippen LogP contribution in [-0.2, 0) is 28.4 Å². The van der Waals surface area contributed by atoms with Crippen LogP contribution in [0.4, 0.5) is 0 Å². The van der Waals surface area contributed by atoms with Crippen molar-refractivity contribution in [3.05, 3.63) is 46.8 Å². The van der Waals surface area contributed by atoms with Gasteiger partial charge in [-0.25, -0.2) is 0 Å². The number of nitrogens with zero attached hydrogens (tertiary/aromatic N) is 3. The molecule has 2 aromatic rings. The largest absolute Gasteiger partial charge is 0.509 e. The highest BCUT2D eigenvalue weighted by Crippen LogP contribution is 2.41. The highest BCUT2D eigenvalue weighted by molar-refractivity contribution is 6.76. The lowest BCUT2D eigenvalue weighted by Gasteiger charge is -2.56. The number of Topliss-reactive ketones (excluding diaryl/α,β-unsaturated/α-hetero) is 1. The van der Waals surface area contributed by atoms with Crippen LogP contribution < -0.4 is 5.46 Å². The van der Waals surface area contributed by atoms with Crippen LogP contribution in [0.1, 0.15) is 47.4 Å². The van der Waals surface area contributed by atoms with E-state index >= 15 is 0 Å². The number of ketones is 1. The molecule has 0 bridgehead atoms. The number of fused-ring (bicyclic) bond motifs is 2. The highest BCUT2D eigenvalue weighted by Gasteiger charge is 2.58. The van der Waals surface area contributed by atoms with Gasteiger partial charge >= 0.3 is 6.69 Å². The molecular weight excluding hydrogens is 353 g/mol. The third-order valence-corrected chi connectivity index (χ3v) is 6.43. The maximum absolute atomic E-state index is 12.9. The minimum atomic E-state index is -1.65. The van der Waals surface area contributed by atoms with E-state index in [4.69, 9.17) is 9.31 Å². The summed E-state index contributed by atoms with van der Waals surface area (Å²) in [5, 5.41) is 4.29. The minimum Gasteiger partial charge on any atom is -0.509 e. The van der Waals surface area contributed by atoms with Gasteiger partial charge < -0.3 is 13.7 Å². The van der Waals surface area contributed by atoms with Crippen LogP contribution in [0.25, 0.3) is 0 Å². The summed E-state index contributed by atoms with van der Waals surface area (Å²) in [5.74, 6) is 0.0867. The standard InChI is InChI=1S/C21H30BN3O3/c1-15-17(14-24(4)23-15)20(26)13-16-8-9-18-19(12-16)22(28-21(18,2)3)25(5,6)10-7-11-27-22/h8-9,12,14H,7,10-11,13H2,1-6H3. The van der Waals surface area contributed by atoms with Crippen molar-refractivity contribution in [2.75, 3.05) is 27.2 Å². The Bertz CT molecular complexity index is 950. The third-order valence-electron chi connectivity index (χ3n) is 6.43. The highest BCUT2D eigenvalue weighted by atomic mass is 16.6. The number of carbonyl (C=O) groups excluding carboxylic acids is 1.